The van der Waals surface area contributed by atoms with Gasteiger partial charge in [-0.25, -0.2) is 9.59 Å². The van der Waals surface area contributed by atoms with E-state index < -0.39 is 35.0 Å². The summed E-state index contributed by atoms with van der Waals surface area (Å²) in [6, 6.07) is 34.3. The molecule has 0 aliphatic heterocycles. The monoisotopic (exact) mass is 474 g/mol. The lowest BCUT2D eigenvalue weighted by Crippen LogP contribution is -2.66. The second-order valence-corrected chi connectivity index (χ2v) is 9.88. The summed E-state index contributed by atoms with van der Waals surface area (Å²) in [4.78, 5) is 26.8. The van der Waals surface area contributed by atoms with Gasteiger partial charge in [0.2, 0.25) is 0 Å². The summed E-state index contributed by atoms with van der Waals surface area (Å²) in [7, 11) is 0. The fraction of sp³-hybridized carbons (Fsp3) is 0.188. The van der Waals surface area contributed by atoms with E-state index in [0.29, 0.717) is 11.1 Å². The Morgan fingerprint density at radius 2 is 0.778 bits per heavy atom. The summed E-state index contributed by atoms with van der Waals surface area (Å²) < 4.78 is 12.7. The van der Waals surface area contributed by atoms with Crippen molar-refractivity contribution < 1.29 is 19.1 Å². The molecule has 0 saturated carbocycles. The minimum absolute atomic E-state index is 0.436. The van der Waals surface area contributed by atoms with Crippen LogP contribution in [0.25, 0.3) is 0 Å². The van der Waals surface area contributed by atoms with Crippen molar-refractivity contribution in [2.45, 2.75) is 36.9 Å². The summed E-state index contributed by atoms with van der Waals surface area (Å²) in [5.74, 6) is -0.873. The molecular weight excluding hydrogens is 448 g/mol. The summed E-state index contributed by atoms with van der Waals surface area (Å²) in [6.07, 6.45) is -1.46. The van der Waals surface area contributed by atoms with Crippen molar-refractivity contribution in [3.8, 4) is 0 Å². The molecule has 4 nitrogen and oxygen atoms in total. The van der Waals surface area contributed by atoms with E-state index >= 15 is 0 Å². The highest BCUT2D eigenvalue weighted by Crippen LogP contribution is 2.60. The van der Waals surface area contributed by atoms with Gasteiger partial charge in [0, 0.05) is 0 Å². The van der Waals surface area contributed by atoms with Crippen molar-refractivity contribution in [2.75, 3.05) is 0 Å². The Morgan fingerprint density at radius 1 is 0.500 bits per heavy atom. The van der Waals surface area contributed by atoms with Crippen molar-refractivity contribution in [1.82, 2.24) is 0 Å². The van der Waals surface area contributed by atoms with Crippen LogP contribution in [-0.4, -0.2) is 24.1 Å². The van der Waals surface area contributed by atoms with Gasteiger partial charge in [0.05, 0.1) is 22.0 Å². The molecule has 7 rings (SSSR count). The largest absolute Gasteiger partial charge is 0.453 e. The van der Waals surface area contributed by atoms with E-state index in [0.717, 1.165) is 22.3 Å². The Hall–Kier alpha value is -4.18. The number of carbonyl (C=O) groups is 2. The Balaban J connectivity index is 1.54. The van der Waals surface area contributed by atoms with Crippen LogP contribution < -0.4 is 0 Å². The highest BCUT2D eigenvalue weighted by molar-refractivity contribution is 5.91. The highest BCUT2D eigenvalue weighted by Gasteiger charge is 2.65. The van der Waals surface area contributed by atoms with Crippen LogP contribution in [0.2, 0.25) is 0 Å². The van der Waals surface area contributed by atoms with Crippen LogP contribution in [0.5, 0.6) is 0 Å². The summed E-state index contributed by atoms with van der Waals surface area (Å²) >= 11 is 0. The maximum Gasteiger partial charge on any atom is 0.338 e. The van der Waals surface area contributed by atoms with Gasteiger partial charge in [-0.3, -0.25) is 0 Å². The third-order valence-corrected chi connectivity index (χ3v) is 7.99. The van der Waals surface area contributed by atoms with E-state index in [1.165, 1.54) is 0 Å². The molecule has 0 amide bonds. The first-order valence-electron chi connectivity index (χ1n) is 12.2. The number of fused-ring (bicyclic) bond motifs is 1. The maximum absolute atomic E-state index is 13.4. The van der Waals surface area contributed by atoms with Crippen molar-refractivity contribution in [3.63, 3.8) is 0 Å². The molecule has 0 heterocycles. The predicted octanol–water partition coefficient (Wildman–Crippen LogP) is 6.08. The zero-order valence-electron chi connectivity index (χ0n) is 20.2. The van der Waals surface area contributed by atoms with Gasteiger partial charge < -0.3 is 9.47 Å². The average Bonchev–Trinajstić information content (AvgIpc) is 2.93. The van der Waals surface area contributed by atoms with Gasteiger partial charge in [0.25, 0.3) is 0 Å². The zero-order chi connectivity index (χ0) is 24.9. The number of hydrogen-bond donors (Lipinski definition) is 0. The summed E-state index contributed by atoms with van der Waals surface area (Å²) in [5, 5.41) is 0. The molecule has 4 aromatic rings. The number of hydrogen-bond acceptors (Lipinski definition) is 4. The molecule has 4 heteroatoms. The van der Waals surface area contributed by atoms with E-state index in [-0.39, 0.29) is 0 Å². The molecule has 0 fully saturated rings. The number of esters is 2. The maximum atomic E-state index is 13.4. The molecule has 0 spiro atoms. The van der Waals surface area contributed by atoms with Gasteiger partial charge in [-0.15, -0.1) is 0 Å². The lowest BCUT2D eigenvalue weighted by Gasteiger charge is -2.59. The van der Waals surface area contributed by atoms with Gasteiger partial charge in [-0.1, -0.05) is 84.9 Å². The van der Waals surface area contributed by atoms with Gasteiger partial charge in [0.15, 0.2) is 12.2 Å². The van der Waals surface area contributed by atoms with Crippen LogP contribution in [0.15, 0.2) is 109 Å². The first kappa shape index (κ1) is 22.3. The minimum atomic E-state index is -0.729. The summed E-state index contributed by atoms with van der Waals surface area (Å²) in [5.41, 5.74) is 3.85. The number of ether oxygens (including phenoxy) is 2. The molecule has 178 valence electrons. The normalized spacial score (nSPS) is 25.4. The number of rotatable bonds is 4. The van der Waals surface area contributed by atoms with E-state index in [2.05, 4.69) is 38.1 Å². The lowest BCUT2D eigenvalue weighted by molar-refractivity contribution is -0.0908. The van der Waals surface area contributed by atoms with Gasteiger partial charge in [-0.2, -0.15) is 0 Å². The Bertz CT molecular complexity index is 1300. The van der Waals surface area contributed by atoms with E-state index in [1.807, 2.05) is 60.7 Å². The second-order valence-electron chi connectivity index (χ2n) is 9.88. The Labute approximate surface area is 210 Å². The van der Waals surface area contributed by atoms with E-state index in [9.17, 15) is 9.59 Å². The highest BCUT2D eigenvalue weighted by atomic mass is 16.6. The van der Waals surface area contributed by atoms with Gasteiger partial charge in [-0.05, 0) is 60.4 Å². The number of carbonyl (C=O) groups excluding carboxylic acids is 2. The first-order chi connectivity index (χ1) is 17.5. The van der Waals surface area contributed by atoms with Crippen LogP contribution >= 0.6 is 0 Å². The Kier molecular flexibility index (Phi) is 5.08. The zero-order valence-corrected chi connectivity index (χ0v) is 20.2. The van der Waals surface area contributed by atoms with Crippen molar-refractivity contribution in [3.05, 3.63) is 143 Å². The van der Waals surface area contributed by atoms with Gasteiger partial charge in [0.1, 0.15) is 0 Å². The molecular formula is C32H26O4. The molecule has 0 N–H and O–H groups in total. The first-order valence-corrected chi connectivity index (χ1v) is 12.2. The van der Waals surface area contributed by atoms with Crippen LogP contribution in [0.1, 0.15) is 56.8 Å². The second kappa shape index (κ2) is 8.20. The molecule has 36 heavy (non-hydrogen) atoms. The predicted molar refractivity (Wildman–Crippen MR) is 137 cm³/mol. The third-order valence-electron chi connectivity index (χ3n) is 7.99. The molecule has 4 aromatic carbocycles. The molecule has 3 aliphatic rings. The van der Waals surface area contributed by atoms with Crippen LogP contribution in [0.4, 0.5) is 0 Å². The molecule has 3 aliphatic carbocycles. The van der Waals surface area contributed by atoms with Crippen LogP contribution in [0.3, 0.4) is 0 Å². The SMILES string of the molecule is CC12c3ccccc3C(C)(c3ccccc31)C(OC(=O)c1ccccc1)C2OC(=O)c1ccccc1. The fourth-order valence-electron chi connectivity index (χ4n) is 6.16. The van der Waals surface area contributed by atoms with Crippen molar-refractivity contribution in [1.29, 1.82) is 0 Å². The molecule has 0 saturated heterocycles. The van der Waals surface area contributed by atoms with Crippen molar-refractivity contribution >= 4 is 11.9 Å². The average molecular weight is 475 g/mol. The van der Waals surface area contributed by atoms with E-state index in [4.69, 9.17) is 9.47 Å². The number of benzene rings is 4. The summed E-state index contributed by atoms with van der Waals surface area (Å²) in [6.45, 7) is 4.19. The topological polar surface area (TPSA) is 52.6 Å². The minimum Gasteiger partial charge on any atom is -0.453 e. The van der Waals surface area contributed by atoms with Crippen LogP contribution in [-0.2, 0) is 20.3 Å². The molecule has 2 atom stereocenters. The van der Waals surface area contributed by atoms with Gasteiger partial charge >= 0.3 is 11.9 Å². The fourth-order valence-corrected chi connectivity index (χ4v) is 6.16. The quantitative estimate of drug-likeness (QED) is 0.337. The Morgan fingerprint density at radius 3 is 1.08 bits per heavy atom. The smallest absolute Gasteiger partial charge is 0.338 e. The molecule has 2 unspecified atom stereocenters. The third kappa shape index (κ3) is 3.07. The molecule has 0 aromatic heterocycles. The van der Waals surface area contributed by atoms with E-state index in [1.54, 1.807) is 24.3 Å². The molecule has 0 radical (unpaired) electrons. The van der Waals surface area contributed by atoms with Crippen LogP contribution in [0, 0.1) is 0 Å². The lowest BCUT2D eigenvalue weighted by atomic mass is 9.47. The van der Waals surface area contributed by atoms with Crippen molar-refractivity contribution in [2.24, 2.45) is 0 Å². The standard InChI is InChI=1S/C32H26O4/c1-31-23-17-9-11-19-25(23)32(2,26-20-12-10-18-24(26)31)28(36-30(34)22-15-7-4-8-16-22)27(31)35-29(33)21-13-5-3-6-14-21/h3-20,27-28H,1-2H3. The molecule has 2 bridgehead atoms.